The fourth-order valence-corrected chi connectivity index (χ4v) is 10.2. The quantitative estimate of drug-likeness (QED) is 0.0890. The van der Waals surface area contributed by atoms with E-state index in [1.807, 2.05) is 0 Å². The van der Waals surface area contributed by atoms with Crippen molar-refractivity contribution in [3.8, 4) is 0 Å². The number of hydrogen-bond acceptors (Lipinski definition) is 2. The second kappa shape index (κ2) is 19.8. The van der Waals surface area contributed by atoms with Crippen LogP contribution in [0.15, 0.2) is 291 Å². The van der Waals surface area contributed by atoms with Crippen molar-refractivity contribution in [3.05, 3.63) is 325 Å². The van der Waals surface area contributed by atoms with Crippen molar-refractivity contribution in [1.29, 1.82) is 0 Å². The van der Waals surface area contributed by atoms with Gasteiger partial charge in [-0.3, -0.25) is 0 Å². The molecule has 0 N–H and O–H groups in total. The third-order valence-corrected chi connectivity index (χ3v) is 13.6. The summed E-state index contributed by atoms with van der Waals surface area (Å²) in [5.74, 6) is 0. The Hall–Kier alpha value is -9.50. The average Bonchev–Trinajstić information content (AvgIpc) is 3.46. The Morgan fingerprint density at radius 1 is 0.222 bits per heavy atom. The number of nitrogens with zero attached hydrogens (tertiary/aromatic N) is 2. The second-order valence-electron chi connectivity index (χ2n) is 18.1. The molecule has 0 aliphatic rings. The topological polar surface area (TPSA) is 6.48 Å². The number of rotatable bonds is 12. The lowest BCUT2D eigenvalue weighted by Gasteiger charge is -2.30. The SMILES string of the molecule is C(=C(c1ccccc1)c1ccccc1)c1ccc(N(c2ccccc2)c2cc3c4ccccc4c(N(c4ccccc4)c4ccc(C=C(c5ccccc5)c5ccccc5)cc4)cc3c3ccccc23)cc1. The van der Waals surface area contributed by atoms with Crippen molar-refractivity contribution in [2.24, 2.45) is 0 Å². The van der Waals surface area contributed by atoms with Gasteiger partial charge in [0.1, 0.15) is 0 Å². The Balaban J connectivity index is 1.00. The van der Waals surface area contributed by atoms with E-state index in [1.54, 1.807) is 0 Å². The van der Waals surface area contributed by atoms with Gasteiger partial charge < -0.3 is 9.80 Å². The molecule has 12 rings (SSSR count). The van der Waals surface area contributed by atoms with Gasteiger partial charge in [-0.1, -0.05) is 231 Å². The molecule has 0 heterocycles. The van der Waals surface area contributed by atoms with Crippen LogP contribution in [0.4, 0.5) is 34.1 Å². The van der Waals surface area contributed by atoms with Gasteiger partial charge in [-0.2, -0.15) is 0 Å². The maximum Gasteiger partial charge on any atom is 0.0546 e. The predicted molar refractivity (Wildman–Crippen MR) is 308 cm³/mol. The summed E-state index contributed by atoms with van der Waals surface area (Å²) in [5, 5.41) is 7.11. The van der Waals surface area contributed by atoms with Gasteiger partial charge in [0.15, 0.2) is 0 Å². The number of hydrogen-bond donors (Lipinski definition) is 0. The van der Waals surface area contributed by atoms with E-state index in [0.717, 1.165) is 45.3 Å². The van der Waals surface area contributed by atoms with Crippen LogP contribution in [0.2, 0.25) is 0 Å². The summed E-state index contributed by atoms with van der Waals surface area (Å²) in [7, 11) is 0. The molecule has 0 atom stereocenters. The minimum Gasteiger partial charge on any atom is -0.310 e. The monoisotopic (exact) mass is 918 g/mol. The number of anilines is 6. The van der Waals surface area contributed by atoms with Gasteiger partial charge in [-0.15, -0.1) is 0 Å². The molecule has 0 fully saturated rings. The summed E-state index contributed by atoms with van der Waals surface area (Å²) in [4.78, 5) is 4.83. The van der Waals surface area contributed by atoms with Crippen LogP contribution in [0.1, 0.15) is 33.4 Å². The van der Waals surface area contributed by atoms with Crippen LogP contribution in [0.25, 0.3) is 55.6 Å². The fourth-order valence-electron chi connectivity index (χ4n) is 10.2. The minimum atomic E-state index is 1.08. The maximum absolute atomic E-state index is 2.42. The lowest BCUT2D eigenvalue weighted by molar-refractivity contribution is 1.30. The fraction of sp³-hybridized carbons (Fsp3) is 0. The standard InChI is InChI=1S/C70H50N2/c1-7-23-53(24-8-1)65(54-25-9-2-10-26-54)47-51-39-43-59(44-40-51)71(57-31-15-5-16-32-57)69-49-67-62-36-20-22-38-64(62)70(50-68(67)61-35-19-21-37-63(61)69)72(58-33-17-6-18-34-58)60-45-41-52(42-46-60)48-66(55-27-11-3-12-28-55)56-29-13-4-14-30-56/h1-50H. The Morgan fingerprint density at radius 2 is 0.472 bits per heavy atom. The molecule has 340 valence electrons. The van der Waals surface area contributed by atoms with Crippen molar-refractivity contribution < 1.29 is 0 Å². The van der Waals surface area contributed by atoms with Gasteiger partial charge >= 0.3 is 0 Å². The van der Waals surface area contributed by atoms with E-state index < -0.39 is 0 Å². The minimum absolute atomic E-state index is 1.08. The molecule has 2 nitrogen and oxygen atoms in total. The van der Waals surface area contributed by atoms with E-state index in [-0.39, 0.29) is 0 Å². The molecule has 0 aliphatic carbocycles. The van der Waals surface area contributed by atoms with Gasteiger partial charge in [0.25, 0.3) is 0 Å². The van der Waals surface area contributed by atoms with Crippen LogP contribution in [-0.4, -0.2) is 0 Å². The smallest absolute Gasteiger partial charge is 0.0546 e. The lowest BCUT2D eigenvalue weighted by Crippen LogP contribution is -2.12. The lowest BCUT2D eigenvalue weighted by atomic mass is 9.93. The summed E-state index contributed by atoms with van der Waals surface area (Å²) in [6.45, 7) is 0. The van der Waals surface area contributed by atoms with Crippen LogP contribution in [0, 0.1) is 0 Å². The van der Waals surface area contributed by atoms with Crippen molar-refractivity contribution >= 4 is 89.7 Å². The summed E-state index contributed by atoms with van der Waals surface area (Å²) in [6.07, 6.45) is 4.60. The van der Waals surface area contributed by atoms with Crippen molar-refractivity contribution in [2.45, 2.75) is 0 Å². The Morgan fingerprint density at radius 3 is 0.778 bits per heavy atom. The molecule has 0 radical (unpaired) electrons. The second-order valence-corrected chi connectivity index (χ2v) is 18.1. The molecule has 2 heteroatoms. The number of benzene rings is 12. The van der Waals surface area contributed by atoms with E-state index in [2.05, 4.69) is 313 Å². The van der Waals surface area contributed by atoms with E-state index in [1.165, 1.54) is 65.7 Å². The van der Waals surface area contributed by atoms with E-state index in [4.69, 9.17) is 0 Å². The third kappa shape index (κ3) is 8.75. The Labute approximate surface area is 422 Å². The van der Waals surface area contributed by atoms with Crippen LogP contribution in [0.3, 0.4) is 0 Å². The average molecular weight is 919 g/mol. The third-order valence-electron chi connectivity index (χ3n) is 13.6. The highest BCUT2D eigenvalue weighted by Gasteiger charge is 2.22. The molecule has 0 saturated heterocycles. The van der Waals surface area contributed by atoms with Gasteiger partial charge in [-0.05, 0) is 139 Å². The maximum atomic E-state index is 2.42. The number of fused-ring (bicyclic) bond motifs is 5. The Kier molecular flexibility index (Phi) is 12.1. The van der Waals surface area contributed by atoms with Crippen LogP contribution in [-0.2, 0) is 0 Å². The predicted octanol–water partition coefficient (Wildman–Crippen LogP) is 19.3. The molecular weight excluding hydrogens is 869 g/mol. The highest BCUT2D eigenvalue weighted by Crippen LogP contribution is 2.48. The van der Waals surface area contributed by atoms with Gasteiger partial charge in [-0.25, -0.2) is 0 Å². The van der Waals surface area contributed by atoms with Crippen molar-refractivity contribution in [3.63, 3.8) is 0 Å². The summed E-state index contributed by atoms with van der Waals surface area (Å²) >= 11 is 0. The first-order valence-corrected chi connectivity index (χ1v) is 24.7. The van der Waals surface area contributed by atoms with E-state index in [0.29, 0.717) is 0 Å². The first kappa shape index (κ1) is 43.8. The summed E-state index contributed by atoms with van der Waals surface area (Å²) < 4.78 is 0. The van der Waals surface area contributed by atoms with Crippen LogP contribution >= 0.6 is 0 Å². The first-order chi connectivity index (χ1) is 35.7. The number of para-hydroxylation sites is 2. The van der Waals surface area contributed by atoms with Crippen molar-refractivity contribution in [1.82, 2.24) is 0 Å². The zero-order valence-corrected chi connectivity index (χ0v) is 39.8. The Bertz CT molecular complexity index is 3510. The van der Waals surface area contributed by atoms with Crippen LogP contribution in [0.5, 0.6) is 0 Å². The zero-order chi connectivity index (χ0) is 48.1. The summed E-state index contributed by atoms with van der Waals surface area (Å²) in [5.41, 5.74) is 16.0. The van der Waals surface area contributed by atoms with E-state index >= 15 is 0 Å². The molecule has 0 aromatic heterocycles. The highest BCUT2D eigenvalue weighted by molar-refractivity contribution is 6.24. The molecule has 0 spiro atoms. The molecule has 0 amide bonds. The molecule has 12 aromatic rings. The highest BCUT2D eigenvalue weighted by atomic mass is 15.1. The van der Waals surface area contributed by atoms with Gasteiger partial charge in [0.2, 0.25) is 0 Å². The largest absolute Gasteiger partial charge is 0.310 e. The first-order valence-electron chi connectivity index (χ1n) is 24.7. The van der Waals surface area contributed by atoms with E-state index in [9.17, 15) is 0 Å². The summed E-state index contributed by atoms with van der Waals surface area (Å²) in [6, 6.07) is 105. The van der Waals surface area contributed by atoms with Gasteiger partial charge in [0, 0.05) is 33.5 Å². The molecule has 12 aromatic carbocycles. The normalized spacial score (nSPS) is 11.1. The zero-order valence-electron chi connectivity index (χ0n) is 39.8. The molecule has 0 unspecified atom stereocenters. The molecule has 0 bridgehead atoms. The molecule has 0 saturated carbocycles. The molecule has 0 aliphatic heterocycles. The van der Waals surface area contributed by atoms with Crippen LogP contribution < -0.4 is 9.80 Å². The van der Waals surface area contributed by atoms with Crippen molar-refractivity contribution in [2.75, 3.05) is 9.80 Å². The van der Waals surface area contributed by atoms with Gasteiger partial charge in [0.05, 0.1) is 11.4 Å². The molecule has 72 heavy (non-hydrogen) atoms. The molecular formula is C70H50N2.